The quantitative estimate of drug-likeness (QED) is 0.469. The number of phenols is 1. The maximum Gasteiger partial charge on any atom is 0.304 e. The minimum absolute atomic E-state index is 0.0440. The lowest BCUT2D eigenvalue weighted by Gasteiger charge is -2.27. The maximum atomic E-state index is 13.3. The number of carboxylic acid groups (broad SMARTS) is 1. The molecule has 0 saturated carbocycles. The summed E-state index contributed by atoms with van der Waals surface area (Å²) in [5, 5.41) is 20.6. The molecule has 7 nitrogen and oxygen atoms in total. The predicted octanol–water partition coefficient (Wildman–Crippen LogP) is 4.93. The molecule has 2 aromatic carbocycles. The Morgan fingerprint density at radius 1 is 1.19 bits per heavy atom. The average molecular weight is 436 g/mol. The van der Waals surface area contributed by atoms with Crippen molar-refractivity contribution in [2.75, 3.05) is 0 Å². The second kappa shape index (κ2) is 7.14. The molecule has 0 radical (unpaired) electrons. The molecule has 4 aromatic rings. The van der Waals surface area contributed by atoms with Crippen LogP contribution in [-0.4, -0.2) is 21.2 Å². The number of hydrogen-bond donors (Lipinski definition) is 2. The van der Waals surface area contributed by atoms with E-state index in [9.17, 15) is 19.8 Å². The zero-order valence-corrected chi connectivity index (χ0v) is 16.6. The molecule has 0 unspecified atom stereocenters. The summed E-state index contributed by atoms with van der Waals surface area (Å²) in [4.78, 5) is 29.0. The van der Waals surface area contributed by atoms with Gasteiger partial charge < -0.3 is 19.4 Å². The fraction of sp³-hybridized carbons (Fsp3) is 0.0870. The molecule has 1 atom stereocenters. The van der Waals surface area contributed by atoms with Crippen LogP contribution >= 0.6 is 11.6 Å². The van der Waals surface area contributed by atoms with E-state index < -0.39 is 17.3 Å². The molecule has 31 heavy (non-hydrogen) atoms. The van der Waals surface area contributed by atoms with E-state index in [0.717, 1.165) is 0 Å². The number of pyridine rings is 1. The fourth-order valence-corrected chi connectivity index (χ4v) is 4.05. The highest BCUT2D eigenvalue weighted by atomic mass is 35.5. The van der Waals surface area contributed by atoms with Crippen LogP contribution in [-0.2, 0) is 4.79 Å². The minimum Gasteiger partial charge on any atom is -0.507 e. The lowest BCUT2D eigenvalue weighted by molar-refractivity contribution is -0.137. The van der Waals surface area contributed by atoms with E-state index in [-0.39, 0.29) is 40.3 Å². The summed E-state index contributed by atoms with van der Waals surface area (Å²) in [5.74, 6) is -1.58. The van der Waals surface area contributed by atoms with Crippen LogP contribution < -0.4 is 10.2 Å². The summed E-state index contributed by atoms with van der Waals surface area (Å²) in [7, 11) is 0. The van der Waals surface area contributed by atoms with Crippen molar-refractivity contribution in [1.82, 2.24) is 4.98 Å². The van der Waals surface area contributed by atoms with Crippen molar-refractivity contribution in [3.8, 4) is 28.5 Å². The van der Waals surface area contributed by atoms with Gasteiger partial charge in [0.05, 0.1) is 12.0 Å². The van der Waals surface area contributed by atoms with E-state index in [4.69, 9.17) is 20.8 Å². The normalized spacial score (nSPS) is 14.5. The van der Waals surface area contributed by atoms with Gasteiger partial charge in [-0.1, -0.05) is 29.8 Å². The molecule has 0 saturated heterocycles. The molecule has 2 N–H and O–H groups in total. The average Bonchev–Trinajstić information content (AvgIpc) is 2.74. The van der Waals surface area contributed by atoms with Crippen LogP contribution in [0.2, 0.25) is 5.02 Å². The van der Waals surface area contributed by atoms with Gasteiger partial charge in [-0.2, -0.15) is 0 Å². The third-order valence-corrected chi connectivity index (χ3v) is 5.54. The molecule has 1 aliphatic rings. The monoisotopic (exact) mass is 435 g/mol. The molecule has 0 bridgehead atoms. The minimum atomic E-state index is -1.03. The number of aliphatic carboxylic acids is 1. The Hall–Kier alpha value is -3.84. The van der Waals surface area contributed by atoms with Crippen molar-refractivity contribution < 1.29 is 24.2 Å². The Morgan fingerprint density at radius 2 is 1.97 bits per heavy atom. The van der Waals surface area contributed by atoms with Crippen LogP contribution in [0.15, 0.2) is 64.1 Å². The Bertz CT molecular complexity index is 1410. The van der Waals surface area contributed by atoms with Crippen LogP contribution in [0.4, 0.5) is 0 Å². The van der Waals surface area contributed by atoms with E-state index in [1.807, 2.05) is 0 Å². The maximum absolute atomic E-state index is 13.3. The first-order chi connectivity index (χ1) is 14.9. The molecule has 0 fully saturated rings. The van der Waals surface area contributed by atoms with E-state index in [1.165, 1.54) is 18.5 Å². The second-order valence-corrected chi connectivity index (χ2v) is 7.58. The van der Waals surface area contributed by atoms with Crippen molar-refractivity contribution in [2.45, 2.75) is 12.3 Å². The summed E-state index contributed by atoms with van der Waals surface area (Å²) in [6, 6.07) is 11.3. The fourth-order valence-electron chi connectivity index (χ4n) is 3.93. The van der Waals surface area contributed by atoms with Crippen molar-refractivity contribution in [1.29, 1.82) is 0 Å². The number of nitrogens with zero attached hydrogens (tertiary/aromatic N) is 1. The van der Waals surface area contributed by atoms with Gasteiger partial charge in [0, 0.05) is 34.3 Å². The largest absolute Gasteiger partial charge is 0.507 e. The summed E-state index contributed by atoms with van der Waals surface area (Å²) >= 11 is 5.93. The summed E-state index contributed by atoms with van der Waals surface area (Å²) in [6.07, 6.45) is 2.56. The number of fused-ring (bicyclic) bond motifs is 4. The van der Waals surface area contributed by atoms with Gasteiger partial charge >= 0.3 is 5.97 Å². The van der Waals surface area contributed by atoms with Gasteiger partial charge in [-0.15, -0.1) is 0 Å². The number of ether oxygens (including phenoxy) is 1. The van der Waals surface area contributed by atoms with Crippen LogP contribution in [0.25, 0.3) is 22.1 Å². The van der Waals surface area contributed by atoms with E-state index in [0.29, 0.717) is 21.7 Å². The van der Waals surface area contributed by atoms with Gasteiger partial charge in [-0.3, -0.25) is 9.59 Å². The number of aromatic nitrogens is 1. The summed E-state index contributed by atoms with van der Waals surface area (Å²) in [5.41, 5.74) is 1.40. The number of benzene rings is 2. The summed E-state index contributed by atoms with van der Waals surface area (Å²) in [6.45, 7) is 0. The van der Waals surface area contributed by atoms with Gasteiger partial charge in [0.25, 0.3) is 0 Å². The Balaban J connectivity index is 1.79. The molecule has 8 heteroatoms. The molecular weight excluding hydrogens is 422 g/mol. The molecule has 1 aliphatic heterocycles. The smallest absolute Gasteiger partial charge is 0.304 e. The van der Waals surface area contributed by atoms with E-state index in [2.05, 4.69) is 4.98 Å². The third kappa shape index (κ3) is 3.10. The standard InChI is InChI=1S/C23H14ClNO6/c24-12-5-3-11(4-6-12)15-10-30-22-19-14(8-18(27)28)13-2-1-7-25-23(13)31-17(19)9-16(26)20(22)21(15)29/h1-7,9-10,14,26H,8H2,(H,27,28)/t14-/m0/s1. The molecule has 0 amide bonds. The topological polar surface area (TPSA) is 110 Å². The highest BCUT2D eigenvalue weighted by Crippen LogP contribution is 2.49. The molecule has 0 aliphatic carbocycles. The highest BCUT2D eigenvalue weighted by Gasteiger charge is 2.34. The first-order valence-electron chi connectivity index (χ1n) is 9.36. The van der Waals surface area contributed by atoms with Gasteiger partial charge in [-0.05, 0) is 23.8 Å². The van der Waals surface area contributed by atoms with Gasteiger partial charge in [0.2, 0.25) is 11.3 Å². The van der Waals surface area contributed by atoms with Crippen molar-refractivity contribution >= 4 is 28.5 Å². The predicted molar refractivity (Wildman–Crippen MR) is 113 cm³/mol. The molecular formula is C23H14ClNO6. The van der Waals surface area contributed by atoms with Gasteiger partial charge in [0.15, 0.2) is 0 Å². The van der Waals surface area contributed by atoms with Crippen LogP contribution in [0.5, 0.6) is 17.4 Å². The number of hydrogen-bond acceptors (Lipinski definition) is 6. The molecule has 2 aromatic heterocycles. The first kappa shape index (κ1) is 19.1. The van der Waals surface area contributed by atoms with Crippen molar-refractivity contribution in [3.05, 3.63) is 81.3 Å². The third-order valence-electron chi connectivity index (χ3n) is 5.29. The number of aromatic hydroxyl groups is 1. The molecule has 5 rings (SSSR count). The van der Waals surface area contributed by atoms with Crippen LogP contribution in [0.3, 0.4) is 0 Å². The number of rotatable bonds is 3. The van der Waals surface area contributed by atoms with E-state index >= 15 is 0 Å². The number of phenolic OH excluding ortho intramolecular Hbond substituents is 1. The lowest BCUT2D eigenvalue weighted by Crippen LogP contribution is -2.16. The Labute approximate surface area is 180 Å². The first-order valence-corrected chi connectivity index (χ1v) is 9.73. The zero-order chi connectivity index (χ0) is 21.7. The molecule has 0 spiro atoms. The van der Waals surface area contributed by atoms with Gasteiger partial charge in [0.1, 0.15) is 28.7 Å². The number of carboxylic acids is 1. The van der Waals surface area contributed by atoms with E-state index in [1.54, 1.807) is 36.4 Å². The molecule has 154 valence electrons. The second-order valence-electron chi connectivity index (χ2n) is 7.15. The van der Waals surface area contributed by atoms with Crippen molar-refractivity contribution in [2.24, 2.45) is 0 Å². The van der Waals surface area contributed by atoms with Crippen LogP contribution in [0, 0.1) is 0 Å². The Kier molecular flexibility index (Phi) is 4.41. The SMILES string of the molecule is O=C(O)C[C@H]1c2cccnc2Oc2cc(O)c3c(=O)c(-c4ccc(Cl)cc4)coc3c21. The highest BCUT2D eigenvalue weighted by molar-refractivity contribution is 6.30. The number of halogens is 1. The Morgan fingerprint density at radius 3 is 2.71 bits per heavy atom. The number of carbonyl (C=O) groups is 1. The lowest BCUT2D eigenvalue weighted by atomic mass is 9.85. The zero-order valence-electron chi connectivity index (χ0n) is 15.8. The van der Waals surface area contributed by atoms with Gasteiger partial charge in [-0.25, -0.2) is 4.98 Å². The summed E-state index contributed by atoms with van der Waals surface area (Å²) < 4.78 is 11.6. The van der Waals surface area contributed by atoms with Crippen LogP contribution in [0.1, 0.15) is 23.5 Å². The van der Waals surface area contributed by atoms with Crippen molar-refractivity contribution in [3.63, 3.8) is 0 Å². The molecule has 3 heterocycles.